The van der Waals surface area contributed by atoms with Gasteiger partial charge < -0.3 is 5.32 Å². The summed E-state index contributed by atoms with van der Waals surface area (Å²) in [6.07, 6.45) is 7.25. The number of nitrogens with zero attached hydrogens (tertiary/aromatic N) is 2. The van der Waals surface area contributed by atoms with Gasteiger partial charge in [-0.25, -0.2) is 0 Å². The molecule has 0 aromatic rings. The number of rotatable bonds is 5. The van der Waals surface area contributed by atoms with Crippen LogP contribution in [0.15, 0.2) is 0 Å². The summed E-state index contributed by atoms with van der Waals surface area (Å²) in [5, 5.41) is 12.7. The summed E-state index contributed by atoms with van der Waals surface area (Å²) >= 11 is 0. The molecule has 0 bridgehead atoms. The fourth-order valence-corrected chi connectivity index (χ4v) is 3.29. The van der Waals surface area contributed by atoms with Gasteiger partial charge in [0.1, 0.15) is 5.54 Å². The van der Waals surface area contributed by atoms with Crippen molar-refractivity contribution in [1.82, 2.24) is 10.2 Å². The standard InChI is InChI=1S/C15H27N3/c1-12(2)18(10-13-6-7-13)14-5-4-8-15(9-14,11-16)17-3/h12-14,17H,4-10H2,1-3H3. The Labute approximate surface area is 112 Å². The Morgan fingerprint density at radius 3 is 2.61 bits per heavy atom. The van der Waals surface area contributed by atoms with Gasteiger partial charge in [0.25, 0.3) is 0 Å². The third-order valence-electron chi connectivity index (χ3n) is 4.72. The molecular formula is C15H27N3. The van der Waals surface area contributed by atoms with Gasteiger partial charge in [0.15, 0.2) is 0 Å². The number of hydrogen-bond donors (Lipinski definition) is 1. The average Bonchev–Trinajstić information content (AvgIpc) is 3.19. The van der Waals surface area contributed by atoms with Crippen LogP contribution in [0.2, 0.25) is 0 Å². The van der Waals surface area contributed by atoms with Crippen molar-refractivity contribution < 1.29 is 0 Å². The van der Waals surface area contributed by atoms with Crippen LogP contribution in [-0.4, -0.2) is 36.1 Å². The number of nitrogens with one attached hydrogen (secondary N) is 1. The van der Waals surface area contributed by atoms with E-state index in [4.69, 9.17) is 0 Å². The molecule has 2 aliphatic carbocycles. The lowest BCUT2D eigenvalue weighted by Crippen LogP contribution is -2.53. The summed E-state index contributed by atoms with van der Waals surface area (Å²) in [6.45, 7) is 5.84. The quantitative estimate of drug-likeness (QED) is 0.814. The molecule has 0 spiro atoms. The first-order valence-corrected chi connectivity index (χ1v) is 7.46. The summed E-state index contributed by atoms with van der Waals surface area (Å²) in [6, 6.07) is 3.71. The molecule has 0 aromatic heterocycles. The fraction of sp³-hybridized carbons (Fsp3) is 0.933. The van der Waals surface area contributed by atoms with Crippen LogP contribution in [0.1, 0.15) is 52.4 Å². The second-order valence-corrected chi connectivity index (χ2v) is 6.43. The molecule has 2 saturated carbocycles. The molecule has 0 amide bonds. The summed E-state index contributed by atoms with van der Waals surface area (Å²) in [7, 11) is 1.94. The molecular weight excluding hydrogens is 222 g/mol. The molecule has 3 heteroatoms. The predicted molar refractivity (Wildman–Crippen MR) is 74.2 cm³/mol. The zero-order chi connectivity index (χ0) is 13.2. The summed E-state index contributed by atoms with van der Waals surface area (Å²) in [5.74, 6) is 0.931. The Bertz CT molecular complexity index is 316. The van der Waals surface area contributed by atoms with Crippen LogP contribution in [0.25, 0.3) is 0 Å². The average molecular weight is 249 g/mol. The normalized spacial score (nSPS) is 32.8. The molecule has 0 aliphatic heterocycles. The van der Waals surface area contributed by atoms with Gasteiger partial charge in [-0.15, -0.1) is 0 Å². The van der Waals surface area contributed by atoms with Crippen molar-refractivity contribution in [3.05, 3.63) is 0 Å². The third-order valence-corrected chi connectivity index (χ3v) is 4.72. The highest BCUT2D eigenvalue weighted by Crippen LogP contribution is 2.35. The van der Waals surface area contributed by atoms with Gasteiger partial charge in [-0.05, 0) is 65.3 Å². The molecule has 2 fully saturated rings. The van der Waals surface area contributed by atoms with Gasteiger partial charge in [0.2, 0.25) is 0 Å². The van der Waals surface area contributed by atoms with Gasteiger partial charge in [-0.2, -0.15) is 5.26 Å². The van der Waals surface area contributed by atoms with Crippen molar-refractivity contribution in [2.45, 2.75) is 70.0 Å². The zero-order valence-corrected chi connectivity index (χ0v) is 12.1. The lowest BCUT2D eigenvalue weighted by Gasteiger charge is -2.43. The maximum atomic E-state index is 9.44. The highest BCUT2D eigenvalue weighted by molar-refractivity contribution is 5.10. The van der Waals surface area contributed by atoms with Crippen LogP contribution in [0.5, 0.6) is 0 Å². The van der Waals surface area contributed by atoms with Crippen molar-refractivity contribution in [3.63, 3.8) is 0 Å². The first kappa shape index (κ1) is 13.8. The number of nitriles is 1. The van der Waals surface area contributed by atoms with E-state index in [0.717, 1.165) is 18.8 Å². The molecule has 2 atom stereocenters. The molecule has 18 heavy (non-hydrogen) atoms. The minimum Gasteiger partial charge on any atom is -0.302 e. The summed E-state index contributed by atoms with van der Waals surface area (Å²) in [5.41, 5.74) is -0.278. The maximum Gasteiger partial charge on any atom is 0.108 e. The highest BCUT2D eigenvalue weighted by atomic mass is 15.2. The molecule has 0 radical (unpaired) electrons. The first-order valence-electron chi connectivity index (χ1n) is 7.46. The maximum absolute atomic E-state index is 9.44. The molecule has 0 heterocycles. The van der Waals surface area contributed by atoms with Crippen LogP contribution in [0.4, 0.5) is 0 Å². The zero-order valence-electron chi connectivity index (χ0n) is 12.1. The second kappa shape index (κ2) is 5.59. The van der Waals surface area contributed by atoms with Gasteiger partial charge in [0, 0.05) is 18.6 Å². The van der Waals surface area contributed by atoms with Crippen LogP contribution in [-0.2, 0) is 0 Å². The van der Waals surface area contributed by atoms with Crippen LogP contribution in [0.3, 0.4) is 0 Å². The van der Waals surface area contributed by atoms with E-state index in [1.807, 2.05) is 7.05 Å². The minimum absolute atomic E-state index is 0.278. The highest BCUT2D eigenvalue weighted by Gasteiger charge is 2.39. The van der Waals surface area contributed by atoms with Crippen molar-refractivity contribution in [2.75, 3.05) is 13.6 Å². The van der Waals surface area contributed by atoms with Crippen LogP contribution in [0, 0.1) is 17.2 Å². The third kappa shape index (κ3) is 3.05. The second-order valence-electron chi connectivity index (χ2n) is 6.43. The van der Waals surface area contributed by atoms with E-state index in [1.54, 1.807) is 0 Å². The van der Waals surface area contributed by atoms with Crippen molar-refractivity contribution in [2.24, 2.45) is 5.92 Å². The van der Waals surface area contributed by atoms with E-state index >= 15 is 0 Å². The minimum atomic E-state index is -0.278. The Balaban J connectivity index is 2.03. The predicted octanol–water partition coefficient (Wildman–Crippen LogP) is 2.53. The lowest BCUT2D eigenvalue weighted by atomic mass is 9.79. The van der Waals surface area contributed by atoms with E-state index in [1.165, 1.54) is 32.2 Å². The van der Waals surface area contributed by atoms with Crippen molar-refractivity contribution in [3.8, 4) is 6.07 Å². The number of hydrogen-bond acceptors (Lipinski definition) is 3. The van der Waals surface area contributed by atoms with E-state index in [2.05, 4.69) is 30.1 Å². The molecule has 102 valence electrons. The Kier molecular flexibility index (Phi) is 4.29. The van der Waals surface area contributed by atoms with Crippen molar-refractivity contribution >= 4 is 0 Å². The lowest BCUT2D eigenvalue weighted by molar-refractivity contribution is 0.0895. The Morgan fingerprint density at radius 1 is 1.39 bits per heavy atom. The molecule has 0 aromatic carbocycles. The molecule has 1 N–H and O–H groups in total. The summed E-state index contributed by atoms with van der Waals surface area (Å²) < 4.78 is 0. The van der Waals surface area contributed by atoms with E-state index < -0.39 is 0 Å². The van der Waals surface area contributed by atoms with Gasteiger partial charge >= 0.3 is 0 Å². The smallest absolute Gasteiger partial charge is 0.108 e. The van der Waals surface area contributed by atoms with E-state index in [9.17, 15) is 5.26 Å². The van der Waals surface area contributed by atoms with Crippen LogP contribution >= 0.6 is 0 Å². The van der Waals surface area contributed by atoms with Crippen LogP contribution < -0.4 is 5.32 Å². The summed E-state index contributed by atoms with van der Waals surface area (Å²) in [4.78, 5) is 2.65. The van der Waals surface area contributed by atoms with Gasteiger partial charge in [-0.3, -0.25) is 4.90 Å². The van der Waals surface area contributed by atoms with Gasteiger partial charge in [0.05, 0.1) is 6.07 Å². The SMILES string of the molecule is CNC1(C#N)CCCC(N(CC2CC2)C(C)C)C1. The van der Waals surface area contributed by atoms with E-state index in [-0.39, 0.29) is 5.54 Å². The molecule has 2 unspecified atom stereocenters. The fourth-order valence-electron chi connectivity index (χ4n) is 3.29. The van der Waals surface area contributed by atoms with Crippen molar-refractivity contribution in [1.29, 1.82) is 5.26 Å². The Hall–Kier alpha value is -0.590. The molecule has 3 nitrogen and oxygen atoms in total. The Morgan fingerprint density at radius 2 is 2.11 bits per heavy atom. The molecule has 2 aliphatic rings. The molecule has 2 rings (SSSR count). The monoisotopic (exact) mass is 249 g/mol. The van der Waals surface area contributed by atoms with E-state index in [0.29, 0.717) is 12.1 Å². The first-order chi connectivity index (χ1) is 8.60. The topological polar surface area (TPSA) is 39.1 Å². The van der Waals surface area contributed by atoms with Gasteiger partial charge in [-0.1, -0.05) is 0 Å². The molecule has 0 saturated heterocycles. The largest absolute Gasteiger partial charge is 0.302 e.